The Morgan fingerprint density at radius 2 is 1.92 bits per heavy atom. The molecule has 0 bridgehead atoms. The van der Waals surface area contributed by atoms with Crippen molar-refractivity contribution in [1.29, 1.82) is 0 Å². The Balaban J connectivity index is 0.00000156. The molecule has 1 aliphatic carbocycles. The highest BCUT2D eigenvalue weighted by atomic mass is 35.5. The zero-order valence-electron chi connectivity index (χ0n) is 14.7. The standard InChI is InChI=1S/C18H27N3O2.2ClH/c1-23-16-8-4-3-7-15(16)21-12-9-14(13-21)20-17(22)18(19)10-5-2-6-11-18;;/h3-4,7-8,14H,2,5-6,9-13,19H2,1H3,(H,20,22);2*1H. The summed E-state index contributed by atoms with van der Waals surface area (Å²) < 4.78 is 5.44. The molecule has 3 N–H and O–H groups in total. The minimum Gasteiger partial charge on any atom is -0.495 e. The fourth-order valence-electron chi connectivity index (χ4n) is 3.73. The van der Waals surface area contributed by atoms with Crippen molar-refractivity contribution in [3.63, 3.8) is 0 Å². The molecule has 0 radical (unpaired) electrons. The number of nitrogens with zero attached hydrogens (tertiary/aromatic N) is 1. The summed E-state index contributed by atoms with van der Waals surface area (Å²) >= 11 is 0. The monoisotopic (exact) mass is 389 g/mol. The van der Waals surface area contributed by atoms with Gasteiger partial charge in [0.1, 0.15) is 5.75 Å². The molecule has 1 aromatic rings. The van der Waals surface area contributed by atoms with Crippen LogP contribution in [0.2, 0.25) is 0 Å². The number of halogens is 2. The normalized spacial score (nSPS) is 21.7. The van der Waals surface area contributed by atoms with Crippen LogP contribution < -0.4 is 20.7 Å². The lowest BCUT2D eigenvalue weighted by Crippen LogP contribution is -2.57. The molecule has 0 aromatic heterocycles. The molecule has 1 saturated carbocycles. The van der Waals surface area contributed by atoms with Gasteiger partial charge in [0, 0.05) is 19.1 Å². The van der Waals surface area contributed by atoms with E-state index in [1.165, 1.54) is 6.42 Å². The Morgan fingerprint density at radius 1 is 1.24 bits per heavy atom. The number of carbonyl (C=O) groups excluding carboxylic acids is 1. The summed E-state index contributed by atoms with van der Waals surface area (Å²) in [4.78, 5) is 14.8. The van der Waals surface area contributed by atoms with Gasteiger partial charge in [-0.3, -0.25) is 4.79 Å². The smallest absolute Gasteiger partial charge is 0.240 e. The number of benzene rings is 1. The minimum atomic E-state index is -0.657. The van der Waals surface area contributed by atoms with E-state index in [4.69, 9.17) is 10.5 Å². The number of carbonyl (C=O) groups is 1. The number of ether oxygens (including phenoxy) is 1. The summed E-state index contributed by atoms with van der Waals surface area (Å²) in [6, 6.07) is 8.18. The van der Waals surface area contributed by atoms with Crippen molar-refractivity contribution < 1.29 is 9.53 Å². The summed E-state index contributed by atoms with van der Waals surface area (Å²) in [6.45, 7) is 1.73. The average Bonchev–Trinajstić information content (AvgIpc) is 3.04. The maximum atomic E-state index is 12.6. The van der Waals surface area contributed by atoms with Crippen LogP contribution in [0.15, 0.2) is 24.3 Å². The van der Waals surface area contributed by atoms with E-state index in [0.717, 1.165) is 56.6 Å². The van der Waals surface area contributed by atoms with E-state index in [0.29, 0.717) is 0 Å². The zero-order chi connectivity index (χ0) is 16.3. The molecule has 2 fully saturated rings. The maximum absolute atomic E-state index is 12.6. The van der Waals surface area contributed by atoms with Crippen LogP contribution >= 0.6 is 24.8 Å². The van der Waals surface area contributed by atoms with Crippen LogP contribution in [0, 0.1) is 0 Å². The molecule has 0 spiro atoms. The number of hydrogen-bond acceptors (Lipinski definition) is 4. The predicted molar refractivity (Wildman–Crippen MR) is 106 cm³/mol. The second kappa shape index (κ2) is 9.51. The molecule has 1 aromatic carbocycles. The van der Waals surface area contributed by atoms with Crippen molar-refractivity contribution in [3.8, 4) is 5.75 Å². The van der Waals surface area contributed by atoms with Crippen LogP contribution in [0.4, 0.5) is 5.69 Å². The topological polar surface area (TPSA) is 67.6 Å². The Hall–Kier alpha value is -1.17. The highest BCUT2D eigenvalue weighted by Crippen LogP contribution is 2.31. The molecular weight excluding hydrogens is 361 g/mol. The fraction of sp³-hybridized carbons (Fsp3) is 0.611. The first kappa shape index (κ1) is 21.9. The SMILES string of the molecule is COc1ccccc1N1CCC(NC(=O)C2(N)CCCCC2)C1.Cl.Cl. The lowest BCUT2D eigenvalue weighted by atomic mass is 9.82. The van der Waals surface area contributed by atoms with E-state index >= 15 is 0 Å². The largest absolute Gasteiger partial charge is 0.495 e. The summed E-state index contributed by atoms with van der Waals surface area (Å²) in [7, 11) is 1.69. The van der Waals surface area contributed by atoms with Crippen molar-refractivity contribution in [2.75, 3.05) is 25.1 Å². The van der Waals surface area contributed by atoms with Crippen molar-refractivity contribution >= 4 is 36.4 Å². The lowest BCUT2D eigenvalue weighted by Gasteiger charge is -2.33. The number of para-hydroxylation sites is 2. The van der Waals surface area contributed by atoms with Crippen LogP contribution in [0.25, 0.3) is 0 Å². The van der Waals surface area contributed by atoms with E-state index in [-0.39, 0.29) is 36.8 Å². The molecule has 25 heavy (non-hydrogen) atoms. The quantitative estimate of drug-likeness (QED) is 0.830. The van der Waals surface area contributed by atoms with E-state index in [2.05, 4.69) is 16.3 Å². The molecule has 7 heteroatoms. The third-order valence-electron chi connectivity index (χ3n) is 5.15. The van der Waals surface area contributed by atoms with E-state index in [9.17, 15) is 4.79 Å². The van der Waals surface area contributed by atoms with Gasteiger partial charge in [-0.2, -0.15) is 0 Å². The van der Waals surface area contributed by atoms with Crippen LogP contribution in [0.3, 0.4) is 0 Å². The summed E-state index contributed by atoms with van der Waals surface area (Å²) in [5.74, 6) is 0.908. The average molecular weight is 390 g/mol. The van der Waals surface area contributed by atoms with Gasteiger partial charge in [-0.1, -0.05) is 31.4 Å². The van der Waals surface area contributed by atoms with Gasteiger partial charge in [0.25, 0.3) is 0 Å². The second-order valence-corrected chi connectivity index (χ2v) is 6.79. The third-order valence-corrected chi connectivity index (χ3v) is 5.15. The molecule has 142 valence electrons. The first-order chi connectivity index (χ1) is 11.1. The summed E-state index contributed by atoms with van der Waals surface area (Å²) in [5, 5.41) is 3.18. The second-order valence-electron chi connectivity index (χ2n) is 6.79. The lowest BCUT2D eigenvalue weighted by molar-refractivity contribution is -0.128. The van der Waals surface area contributed by atoms with Crippen molar-refractivity contribution in [3.05, 3.63) is 24.3 Å². The van der Waals surface area contributed by atoms with Gasteiger partial charge < -0.3 is 20.7 Å². The zero-order valence-corrected chi connectivity index (χ0v) is 16.3. The predicted octanol–water partition coefficient (Wildman–Crippen LogP) is 2.90. The van der Waals surface area contributed by atoms with Gasteiger partial charge in [0.05, 0.1) is 18.3 Å². The number of nitrogens with one attached hydrogen (secondary N) is 1. The number of methoxy groups -OCH3 is 1. The molecule has 3 rings (SSSR count). The Kier molecular flexibility index (Phi) is 8.32. The molecular formula is C18H29Cl2N3O2. The van der Waals surface area contributed by atoms with Crippen LogP contribution in [0.5, 0.6) is 5.75 Å². The van der Waals surface area contributed by atoms with Crippen LogP contribution in [-0.4, -0.2) is 37.7 Å². The third kappa shape index (κ3) is 4.93. The fourth-order valence-corrected chi connectivity index (χ4v) is 3.73. The van der Waals surface area contributed by atoms with Gasteiger partial charge in [-0.25, -0.2) is 0 Å². The molecule has 1 saturated heterocycles. The molecule has 1 aliphatic heterocycles. The molecule has 5 nitrogen and oxygen atoms in total. The van der Waals surface area contributed by atoms with Crippen molar-refractivity contribution in [2.45, 2.75) is 50.1 Å². The number of amides is 1. The van der Waals surface area contributed by atoms with Crippen LogP contribution in [-0.2, 0) is 4.79 Å². The van der Waals surface area contributed by atoms with E-state index < -0.39 is 5.54 Å². The highest BCUT2D eigenvalue weighted by molar-refractivity contribution is 5.86. The molecule has 1 amide bonds. The highest BCUT2D eigenvalue weighted by Gasteiger charge is 2.37. The van der Waals surface area contributed by atoms with E-state index in [1.807, 2.05) is 18.2 Å². The Bertz CT molecular complexity index is 565. The van der Waals surface area contributed by atoms with Gasteiger partial charge in [-0.15, -0.1) is 24.8 Å². The maximum Gasteiger partial charge on any atom is 0.240 e. The Labute approximate surface area is 162 Å². The molecule has 1 heterocycles. The van der Waals surface area contributed by atoms with Gasteiger partial charge >= 0.3 is 0 Å². The number of hydrogen-bond donors (Lipinski definition) is 2. The molecule has 1 unspecified atom stereocenters. The Morgan fingerprint density at radius 3 is 2.60 bits per heavy atom. The van der Waals surface area contributed by atoms with Crippen molar-refractivity contribution in [1.82, 2.24) is 5.32 Å². The van der Waals surface area contributed by atoms with E-state index in [1.54, 1.807) is 7.11 Å². The van der Waals surface area contributed by atoms with Crippen LogP contribution in [0.1, 0.15) is 38.5 Å². The minimum absolute atomic E-state index is 0. The van der Waals surface area contributed by atoms with Crippen molar-refractivity contribution in [2.24, 2.45) is 5.73 Å². The summed E-state index contributed by atoms with van der Waals surface area (Å²) in [5.41, 5.74) is 6.76. The molecule has 2 aliphatic rings. The summed E-state index contributed by atoms with van der Waals surface area (Å²) in [6.07, 6.45) is 5.87. The van der Waals surface area contributed by atoms with Gasteiger partial charge in [0.2, 0.25) is 5.91 Å². The number of rotatable bonds is 4. The number of anilines is 1. The van der Waals surface area contributed by atoms with Gasteiger partial charge in [-0.05, 0) is 31.4 Å². The number of nitrogens with two attached hydrogens (primary N) is 1. The first-order valence-corrected chi connectivity index (χ1v) is 8.60. The van der Waals surface area contributed by atoms with Gasteiger partial charge in [0.15, 0.2) is 0 Å². The molecule has 1 atom stereocenters. The first-order valence-electron chi connectivity index (χ1n) is 8.60.